The zero-order valence-corrected chi connectivity index (χ0v) is 20.3. The number of rotatable bonds is 6. The Morgan fingerprint density at radius 1 is 0.971 bits per heavy atom. The van der Waals surface area contributed by atoms with E-state index < -0.39 is 11.8 Å². The van der Waals surface area contributed by atoms with Crippen molar-refractivity contribution in [1.82, 2.24) is 10.2 Å². The molecule has 178 valence electrons. The normalized spacial score (nSPS) is 12.3. The number of imide groups is 1. The van der Waals surface area contributed by atoms with E-state index in [0.29, 0.717) is 39.9 Å². The van der Waals surface area contributed by atoms with Crippen LogP contribution >= 0.6 is 23.8 Å². The average molecular weight is 510 g/mol. The Labute approximate surface area is 211 Å². The minimum absolute atomic E-state index is 0.0297. The number of carbonyl (C=O) groups is 3. The summed E-state index contributed by atoms with van der Waals surface area (Å²) in [5, 5.41) is 6.11. The first-order chi connectivity index (χ1) is 16.8. The predicted octanol–water partition coefficient (Wildman–Crippen LogP) is 4.28. The van der Waals surface area contributed by atoms with Crippen LogP contribution in [-0.4, -0.2) is 41.9 Å². The van der Waals surface area contributed by atoms with Crippen LogP contribution in [0.1, 0.15) is 36.6 Å². The largest absolute Gasteiger partial charge is 0.493 e. The molecule has 10 heteroatoms. The van der Waals surface area contributed by atoms with Gasteiger partial charge in [-0.15, -0.1) is 0 Å². The van der Waals surface area contributed by atoms with Gasteiger partial charge in [-0.2, -0.15) is 0 Å². The Kier molecular flexibility index (Phi) is 6.99. The standard InChI is InChI=1S/C25H20ClN3O5S/c1-29-23(31)18-9-8-17(12-19(18)24(29)32)27-25(35)28-22(30)15-5-10-20(21(11-15)33-2)34-13-14-3-6-16(26)7-4-14/h3-12H,13H2,1-2H3,(H2,27,28,30,35). The molecular weight excluding hydrogens is 490 g/mol. The Hall–Kier alpha value is -3.95. The fourth-order valence-corrected chi connectivity index (χ4v) is 3.78. The first kappa shape index (κ1) is 24.2. The Morgan fingerprint density at radius 3 is 2.40 bits per heavy atom. The van der Waals surface area contributed by atoms with Crippen molar-refractivity contribution in [1.29, 1.82) is 0 Å². The van der Waals surface area contributed by atoms with Crippen molar-refractivity contribution in [2.75, 3.05) is 19.5 Å². The van der Waals surface area contributed by atoms with Gasteiger partial charge < -0.3 is 14.8 Å². The lowest BCUT2D eigenvalue weighted by atomic mass is 10.1. The summed E-state index contributed by atoms with van der Waals surface area (Å²) >= 11 is 11.1. The Balaban J connectivity index is 1.39. The SMILES string of the molecule is COc1cc(C(=O)NC(=S)Nc2ccc3c(c2)C(=O)N(C)C3=O)ccc1OCc1ccc(Cl)cc1. The molecule has 35 heavy (non-hydrogen) atoms. The number of nitrogens with one attached hydrogen (secondary N) is 2. The highest BCUT2D eigenvalue weighted by Gasteiger charge is 2.32. The highest BCUT2D eigenvalue weighted by molar-refractivity contribution is 7.80. The summed E-state index contributed by atoms with van der Waals surface area (Å²) in [4.78, 5) is 38.0. The van der Waals surface area contributed by atoms with Crippen LogP contribution in [0.5, 0.6) is 11.5 Å². The van der Waals surface area contributed by atoms with E-state index >= 15 is 0 Å². The second-order valence-electron chi connectivity index (χ2n) is 7.62. The monoisotopic (exact) mass is 509 g/mol. The van der Waals surface area contributed by atoms with Crippen LogP contribution in [0.4, 0.5) is 5.69 Å². The maximum absolute atomic E-state index is 12.7. The number of methoxy groups -OCH3 is 1. The quantitative estimate of drug-likeness (QED) is 0.378. The van der Waals surface area contributed by atoms with Crippen molar-refractivity contribution in [2.24, 2.45) is 0 Å². The molecule has 0 fully saturated rings. The van der Waals surface area contributed by atoms with Gasteiger partial charge in [0.2, 0.25) is 0 Å². The lowest BCUT2D eigenvalue weighted by Crippen LogP contribution is -2.34. The smallest absolute Gasteiger partial charge is 0.261 e. The summed E-state index contributed by atoms with van der Waals surface area (Å²) in [5.74, 6) is -0.355. The number of benzene rings is 3. The summed E-state index contributed by atoms with van der Waals surface area (Å²) < 4.78 is 11.2. The molecule has 0 radical (unpaired) electrons. The molecule has 0 unspecified atom stereocenters. The van der Waals surface area contributed by atoms with E-state index in [1.54, 1.807) is 42.5 Å². The fourth-order valence-electron chi connectivity index (χ4n) is 3.45. The van der Waals surface area contributed by atoms with Gasteiger partial charge in [0, 0.05) is 23.3 Å². The van der Waals surface area contributed by atoms with Crippen molar-refractivity contribution < 1.29 is 23.9 Å². The summed E-state index contributed by atoms with van der Waals surface area (Å²) in [6, 6.07) is 16.7. The molecule has 0 aliphatic carbocycles. The molecule has 8 nitrogen and oxygen atoms in total. The molecule has 0 bridgehead atoms. The first-order valence-electron chi connectivity index (χ1n) is 10.4. The van der Waals surface area contributed by atoms with Crippen LogP contribution in [-0.2, 0) is 6.61 Å². The second kappa shape index (κ2) is 10.1. The Bertz CT molecular complexity index is 1340. The molecule has 1 heterocycles. The van der Waals surface area contributed by atoms with Crippen molar-refractivity contribution in [3.05, 3.63) is 87.9 Å². The molecule has 0 atom stereocenters. The zero-order chi connectivity index (χ0) is 25.1. The Morgan fingerprint density at radius 2 is 1.69 bits per heavy atom. The zero-order valence-electron chi connectivity index (χ0n) is 18.8. The van der Waals surface area contributed by atoms with Gasteiger partial charge in [0.05, 0.1) is 18.2 Å². The van der Waals surface area contributed by atoms with Crippen LogP contribution in [0.15, 0.2) is 60.7 Å². The molecule has 0 aromatic heterocycles. The predicted molar refractivity (Wildman–Crippen MR) is 135 cm³/mol. The maximum atomic E-state index is 12.7. The van der Waals surface area contributed by atoms with Crippen molar-refractivity contribution >= 4 is 52.3 Å². The molecule has 1 aliphatic rings. The van der Waals surface area contributed by atoms with Crippen molar-refractivity contribution in [3.8, 4) is 11.5 Å². The van der Waals surface area contributed by atoms with E-state index in [0.717, 1.165) is 10.5 Å². The number of halogens is 1. The number of amides is 3. The van der Waals surface area contributed by atoms with E-state index in [9.17, 15) is 14.4 Å². The first-order valence-corrected chi connectivity index (χ1v) is 11.2. The van der Waals surface area contributed by atoms with Crippen molar-refractivity contribution in [3.63, 3.8) is 0 Å². The number of ether oxygens (including phenoxy) is 2. The topological polar surface area (TPSA) is 97.0 Å². The highest BCUT2D eigenvalue weighted by atomic mass is 35.5. The molecule has 3 aromatic carbocycles. The maximum Gasteiger partial charge on any atom is 0.261 e. The molecule has 2 N–H and O–H groups in total. The fraction of sp³-hybridized carbons (Fsp3) is 0.120. The van der Waals surface area contributed by atoms with Crippen LogP contribution in [0.2, 0.25) is 5.02 Å². The molecular formula is C25H20ClN3O5S. The van der Waals surface area contributed by atoms with E-state index in [2.05, 4.69) is 10.6 Å². The number of nitrogens with zero attached hydrogens (tertiary/aromatic N) is 1. The molecule has 0 saturated carbocycles. The summed E-state index contributed by atoms with van der Waals surface area (Å²) in [6.45, 7) is 0.303. The third-order valence-electron chi connectivity index (χ3n) is 5.31. The molecule has 3 amide bonds. The number of anilines is 1. The number of fused-ring (bicyclic) bond motifs is 1. The summed E-state index contributed by atoms with van der Waals surface area (Å²) in [6.07, 6.45) is 0. The van der Waals surface area contributed by atoms with Gasteiger partial charge in [0.15, 0.2) is 16.6 Å². The van der Waals surface area contributed by atoms with E-state index in [1.807, 2.05) is 12.1 Å². The third kappa shape index (κ3) is 5.26. The highest BCUT2D eigenvalue weighted by Crippen LogP contribution is 2.29. The molecule has 3 aromatic rings. The molecule has 1 aliphatic heterocycles. The molecule has 0 saturated heterocycles. The van der Waals surface area contributed by atoms with Crippen LogP contribution in [0.25, 0.3) is 0 Å². The molecule has 0 spiro atoms. The van der Waals surface area contributed by atoms with E-state index in [-0.39, 0.29) is 16.6 Å². The lowest BCUT2D eigenvalue weighted by Gasteiger charge is -2.13. The van der Waals surface area contributed by atoms with Gasteiger partial charge in [-0.05, 0) is 66.3 Å². The van der Waals surface area contributed by atoms with Gasteiger partial charge in [0.25, 0.3) is 17.7 Å². The van der Waals surface area contributed by atoms with Crippen LogP contribution in [0.3, 0.4) is 0 Å². The van der Waals surface area contributed by atoms with E-state index in [4.69, 9.17) is 33.3 Å². The van der Waals surface area contributed by atoms with Crippen molar-refractivity contribution in [2.45, 2.75) is 6.61 Å². The number of thiocarbonyl (C=S) groups is 1. The lowest BCUT2D eigenvalue weighted by molar-refractivity contribution is 0.0692. The summed E-state index contributed by atoms with van der Waals surface area (Å²) in [5.41, 5.74) is 2.30. The van der Waals surface area contributed by atoms with Gasteiger partial charge in [0.1, 0.15) is 6.61 Å². The third-order valence-corrected chi connectivity index (χ3v) is 5.76. The van der Waals surface area contributed by atoms with Gasteiger partial charge in [-0.25, -0.2) is 0 Å². The molecule has 4 rings (SSSR count). The minimum Gasteiger partial charge on any atom is -0.493 e. The van der Waals surface area contributed by atoms with E-state index in [1.165, 1.54) is 20.2 Å². The van der Waals surface area contributed by atoms with Crippen LogP contribution < -0.4 is 20.1 Å². The van der Waals surface area contributed by atoms with Gasteiger partial charge in [-0.3, -0.25) is 24.6 Å². The number of hydrogen-bond donors (Lipinski definition) is 2. The van der Waals surface area contributed by atoms with Gasteiger partial charge in [-0.1, -0.05) is 23.7 Å². The van der Waals surface area contributed by atoms with Gasteiger partial charge >= 0.3 is 0 Å². The number of carbonyl (C=O) groups excluding carboxylic acids is 3. The minimum atomic E-state index is -0.461. The average Bonchev–Trinajstić information content (AvgIpc) is 3.07. The second-order valence-corrected chi connectivity index (χ2v) is 8.46. The summed E-state index contributed by atoms with van der Waals surface area (Å²) in [7, 11) is 2.90. The van der Waals surface area contributed by atoms with Crippen LogP contribution in [0, 0.1) is 0 Å². The number of hydrogen-bond acceptors (Lipinski definition) is 6.